The summed E-state index contributed by atoms with van der Waals surface area (Å²) in [7, 11) is 1.45. The molecule has 8 heteroatoms. The molecule has 0 bridgehead atoms. The number of carbonyl (C=O) groups is 3. The Morgan fingerprint density at radius 3 is 2.64 bits per heavy atom. The number of Topliss-reactive ketones (excluding diaryl/α,β-unsaturated/α-hetero) is 1. The number of methoxy groups -OCH3 is 1. The molecule has 25 heavy (non-hydrogen) atoms. The summed E-state index contributed by atoms with van der Waals surface area (Å²) in [5, 5.41) is 7.64. The van der Waals surface area contributed by atoms with Crippen LogP contribution in [0.15, 0.2) is 29.8 Å². The van der Waals surface area contributed by atoms with E-state index >= 15 is 0 Å². The molecule has 0 radical (unpaired) electrons. The number of amides is 2. The number of hydrogen-bond acceptors (Lipinski definition) is 6. The summed E-state index contributed by atoms with van der Waals surface area (Å²) in [6, 6.07) is 4.70. The van der Waals surface area contributed by atoms with Crippen LogP contribution in [0.25, 0.3) is 0 Å². The van der Waals surface area contributed by atoms with Crippen LogP contribution < -0.4 is 15.4 Å². The lowest BCUT2D eigenvalue weighted by Crippen LogP contribution is -2.19. The van der Waals surface area contributed by atoms with Gasteiger partial charge in [0.15, 0.2) is 5.13 Å². The van der Waals surface area contributed by atoms with Crippen LogP contribution in [-0.4, -0.2) is 29.7 Å². The first kappa shape index (κ1) is 18.6. The molecule has 0 fully saturated rings. The molecule has 1 aromatic carbocycles. The molecule has 0 spiro atoms. The minimum atomic E-state index is -0.352. The number of carbonyl (C=O) groups excluding carboxylic acids is 3. The maximum Gasteiger partial charge on any atom is 0.257 e. The van der Waals surface area contributed by atoms with E-state index in [-0.39, 0.29) is 29.9 Å². The molecule has 132 valence electrons. The third-order valence-electron chi connectivity index (χ3n) is 3.58. The molecule has 2 amide bonds. The summed E-state index contributed by atoms with van der Waals surface area (Å²) in [5.41, 5.74) is 0.816. The van der Waals surface area contributed by atoms with E-state index in [0.29, 0.717) is 22.1 Å². The van der Waals surface area contributed by atoms with Crippen LogP contribution in [0, 0.1) is 5.92 Å². The minimum absolute atomic E-state index is 0.0451. The molecule has 7 nitrogen and oxygen atoms in total. The molecule has 0 aliphatic heterocycles. The highest BCUT2D eigenvalue weighted by Crippen LogP contribution is 2.26. The lowest BCUT2D eigenvalue weighted by molar-refractivity contribution is -0.124. The second-order valence-corrected chi connectivity index (χ2v) is 6.37. The molecule has 2 rings (SSSR count). The predicted molar refractivity (Wildman–Crippen MR) is 96.2 cm³/mol. The third-order valence-corrected chi connectivity index (χ3v) is 4.26. The molecule has 0 saturated carbocycles. The molecular weight excluding hydrogens is 342 g/mol. The smallest absolute Gasteiger partial charge is 0.257 e. The Labute approximate surface area is 149 Å². The quantitative estimate of drug-likeness (QED) is 0.790. The lowest BCUT2D eigenvalue weighted by atomic mass is 10.0. The number of thiazole rings is 1. The number of hydrogen-bond donors (Lipinski definition) is 2. The fourth-order valence-electron chi connectivity index (χ4n) is 2.01. The van der Waals surface area contributed by atoms with Crippen molar-refractivity contribution in [3.05, 3.63) is 35.3 Å². The number of aromatic nitrogens is 1. The highest BCUT2D eigenvalue weighted by Gasteiger charge is 2.16. The Morgan fingerprint density at radius 1 is 1.28 bits per heavy atom. The van der Waals surface area contributed by atoms with Crippen molar-refractivity contribution in [2.75, 3.05) is 17.7 Å². The second-order valence-electron chi connectivity index (χ2n) is 5.47. The lowest BCUT2D eigenvalue weighted by Gasteiger charge is -2.13. The van der Waals surface area contributed by atoms with Crippen LogP contribution >= 0.6 is 11.3 Å². The van der Waals surface area contributed by atoms with Gasteiger partial charge >= 0.3 is 0 Å². The number of rotatable bonds is 7. The minimum Gasteiger partial charge on any atom is -0.495 e. The van der Waals surface area contributed by atoms with Crippen LogP contribution in [0.2, 0.25) is 0 Å². The van der Waals surface area contributed by atoms with Gasteiger partial charge in [0.1, 0.15) is 11.5 Å². The van der Waals surface area contributed by atoms with Crippen molar-refractivity contribution in [1.29, 1.82) is 0 Å². The van der Waals surface area contributed by atoms with Gasteiger partial charge in [-0.25, -0.2) is 4.98 Å². The van der Waals surface area contributed by atoms with Crippen LogP contribution in [0.5, 0.6) is 5.75 Å². The van der Waals surface area contributed by atoms with Crippen molar-refractivity contribution >= 4 is 39.8 Å². The zero-order valence-corrected chi connectivity index (χ0v) is 15.0. The van der Waals surface area contributed by atoms with Gasteiger partial charge in [-0.15, -0.1) is 11.3 Å². The summed E-state index contributed by atoms with van der Waals surface area (Å²) in [6.45, 7) is 3.15. The molecular formula is C17H19N3O4S. The Hall–Kier alpha value is -2.74. The van der Waals surface area contributed by atoms with E-state index in [4.69, 9.17) is 4.74 Å². The Bertz CT molecular complexity index is 774. The molecule has 0 aliphatic rings. The highest BCUT2D eigenvalue weighted by molar-refractivity contribution is 7.13. The summed E-state index contributed by atoms with van der Waals surface area (Å²) in [4.78, 5) is 39.5. The molecule has 2 aromatic rings. The average molecular weight is 361 g/mol. The first-order chi connectivity index (χ1) is 11.9. The molecule has 1 heterocycles. The number of benzene rings is 1. The first-order valence-electron chi connectivity index (χ1n) is 7.60. The van der Waals surface area contributed by atoms with Crippen molar-refractivity contribution in [3.8, 4) is 5.75 Å². The number of ether oxygens (including phenoxy) is 1. The molecule has 1 aromatic heterocycles. The van der Waals surface area contributed by atoms with Crippen molar-refractivity contribution in [1.82, 2.24) is 4.98 Å². The summed E-state index contributed by atoms with van der Waals surface area (Å²) in [5.74, 6) is -0.654. The number of anilines is 2. The highest BCUT2D eigenvalue weighted by atomic mass is 32.1. The Kier molecular flexibility index (Phi) is 6.24. The van der Waals surface area contributed by atoms with Gasteiger partial charge in [0, 0.05) is 29.5 Å². The van der Waals surface area contributed by atoms with Gasteiger partial charge in [0.05, 0.1) is 12.8 Å². The monoisotopic (exact) mass is 361 g/mol. The Morgan fingerprint density at radius 2 is 2.04 bits per heavy atom. The summed E-state index contributed by atoms with van der Waals surface area (Å²) < 4.78 is 5.25. The van der Waals surface area contributed by atoms with Gasteiger partial charge in [-0.2, -0.15) is 0 Å². The van der Waals surface area contributed by atoms with Crippen LogP contribution in [0.3, 0.4) is 0 Å². The normalized spacial score (nSPS) is 11.5. The average Bonchev–Trinajstić information content (AvgIpc) is 3.07. The predicted octanol–water partition coefficient (Wildman–Crippen LogP) is 2.96. The van der Waals surface area contributed by atoms with Gasteiger partial charge < -0.3 is 10.1 Å². The van der Waals surface area contributed by atoms with Crippen LogP contribution in [0.1, 0.15) is 30.6 Å². The molecule has 2 N–H and O–H groups in total. The number of ketones is 1. The van der Waals surface area contributed by atoms with Crippen molar-refractivity contribution in [3.63, 3.8) is 0 Å². The van der Waals surface area contributed by atoms with Gasteiger partial charge in [-0.1, -0.05) is 6.92 Å². The fourth-order valence-corrected chi connectivity index (χ4v) is 2.54. The SMILES string of the molecule is COc1cc(C(=O)Nc2nccs2)ccc1NC(=O)CC(C)C(C)=O. The van der Waals surface area contributed by atoms with E-state index in [1.54, 1.807) is 30.6 Å². The van der Waals surface area contributed by atoms with E-state index in [1.807, 2.05) is 0 Å². The fraction of sp³-hybridized carbons (Fsp3) is 0.294. The van der Waals surface area contributed by atoms with Crippen LogP contribution in [0.4, 0.5) is 10.8 Å². The van der Waals surface area contributed by atoms with Gasteiger partial charge in [-0.05, 0) is 25.1 Å². The second kappa shape index (κ2) is 8.39. The topological polar surface area (TPSA) is 97.4 Å². The van der Waals surface area contributed by atoms with Gasteiger partial charge in [0.25, 0.3) is 5.91 Å². The maximum absolute atomic E-state index is 12.2. The van der Waals surface area contributed by atoms with Crippen molar-refractivity contribution in [2.24, 2.45) is 5.92 Å². The van der Waals surface area contributed by atoms with Gasteiger partial charge in [-0.3, -0.25) is 19.7 Å². The zero-order valence-electron chi connectivity index (χ0n) is 14.2. The van der Waals surface area contributed by atoms with E-state index in [2.05, 4.69) is 15.6 Å². The summed E-state index contributed by atoms with van der Waals surface area (Å²) >= 11 is 1.32. The standard InChI is InChI=1S/C17H19N3O4S/c1-10(11(2)21)8-15(22)19-13-5-4-12(9-14(13)24-3)16(23)20-17-18-6-7-25-17/h4-7,9-10H,8H2,1-3H3,(H,19,22)(H,18,20,23). The Balaban J connectivity index is 2.09. The number of nitrogens with one attached hydrogen (secondary N) is 2. The zero-order chi connectivity index (χ0) is 18.4. The van der Waals surface area contributed by atoms with E-state index in [1.165, 1.54) is 31.4 Å². The first-order valence-corrected chi connectivity index (χ1v) is 8.48. The molecule has 1 unspecified atom stereocenters. The van der Waals surface area contributed by atoms with Gasteiger partial charge in [0.2, 0.25) is 5.91 Å². The van der Waals surface area contributed by atoms with Crippen LogP contribution in [-0.2, 0) is 9.59 Å². The van der Waals surface area contributed by atoms with E-state index in [0.717, 1.165) is 0 Å². The van der Waals surface area contributed by atoms with E-state index in [9.17, 15) is 14.4 Å². The third kappa shape index (κ3) is 5.12. The van der Waals surface area contributed by atoms with E-state index < -0.39 is 0 Å². The molecule has 0 saturated heterocycles. The molecule has 0 aliphatic carbocycles. The molecule has 1 atom stereocenters. The van der Waals surface area contributed by atoms with Crippen molar-refractivity contribution < 1.29 is 19.1 Å². The van der Waals surface area contributed by atoms with Crippen molar-refractivity contribution in [2.45, 2.75) is 20.3 Å². The summed E-state index contributed by atoms with van der Waals surface area (Å²) in [6.07, 6.45) is 1.69. The maximum atomic E-state index is 12.2. The largest absolute Gasteiger partial charge is 0.495 e. The number of nitrogens with zero attached hydrogens (tertiary/aromatic N) is 1.